The number of unbranched alkanes of at least 4 members (excludes halogenated alkanes) is 1. The van der Waals surface area contributed by atoms with Crippen LogP contribution in [0.5, 0.6) is 0 Å². The third-order valence-corrected chi connectivity index (χ3v) is 5.29. The number of guanidine groups is 1. The molecule has 1 aromatic rings. The summed E-state index contributed by atoms with van der Waals surface area (Å²) in [7, 11) is 3.90. The normalized spacial score (nSPS) is 16.3. The number of piperidine rings is 1. The van der Waals surface area contributed by atoms with Crippen molar-refractivity contribution in [3.63, 3.8) is 0 Å². The molecule has 1 aliphatic heterocycles. The van der Waals surface area contributed by atoms with E-state index in [1.807, 2.05) is 7.05 Å². The van der Waals surface area contributed by atoms with Crippen molar-refractivity contribution in [3.05, 3.63) is 35.4 Å². The number of benzene rings is 1. The number of carbonyl (C=O) groups is 1. The maximum Gasteiger partial charge on any atom is 0.220 e. The predicted molar refractivity (Wildman–Crippen MR) is 112 cm³/mol. The van der Waals surface area contributed by atoms with Gasteiger partial charge in [-0.05, 0) is 57.8 Å². The third kappa shape index (κ3) is 7.21. The molecular formula is C21H35N5O. The Bertz CT molecular complexity index is 606. The zero-order valence-electron chi connectivity index (χ0n) is 17.1. The molecule has 6 heteroatoms. The number of primary amides is 1. The standard InChI is InChI=1S/C21H35N5O/c1-17-6-8-18(9-7-17)16-25(3)21(23-2)24-12-4-5-13-26-14-10-19(11-15-26)20(22)27/h6-9,19H,4-5,10-16H2,1-3H3,(H2,22,27)(H,23,24). The largest absolute Gasteiger partial charge is 0.369 e. The molecule has 27 heavy (non-hydrogen) atoms. The second-order valence-corrected chi connectivity index (χ2v) is 7.54. The molecule has 1 aromatic carbocycles. The van der Waals surface area contributed by atoms with E-state index in [-0.39, 0.29) is 11.8 Å². The van der Waals surface area contributed by atoms with Gasteiger partial charge in [0.2, 0.25) is 5.91 Å². The van der Waals surface area contributed by atoms with Gasteiger partial charge in [0, 0.05) is 33.1 Å². The summed E-state index contributed by atoms with van der Waals surface area (Å²) in [5, 5.41) is 3.46. The molecule has 1 fully saturated rings. The first kappa shape index (κ1) is 21.2. The van der Waals surface area contributed by atoms with Crippen molar-refractivity contribution in [2.45, 2.75) is 39.2 Å². The van der Waals surface area contributed by atoms with E-state index in [4.69, 9.17) is 5.73 Å². The van der Waals surface area contributed by atoms with E-state index in [0.29, 0.717) is 0 Å². The van der Waals surface area contributed by atoms with Gasteiger partial charge in [-0.15, -0.1) is 0 Å². The Kier molecular flexibility index (Phi) is 8.58. The van der Waals surface area contributed by atoms with Crippen molar-refractivity contribution < 1.29 is 4.79 Å². The number of hydrogen-bond acceptors (Lipinski definition) is 3. The molecule has 0 aromatic heterocycles. The lowest BCUT2D eigenvalue weighted by Gasteiger charge is -2.30. The monoisotopic (exact) mass is 373 g/mol. The Morgan fingerprint density at radius 1 is 1.26 bits per heavy atom. The third-order valence-electron chi connectivity index (χ3n) is 5.29. The highest BCUT2D eigenvalue weighted by Crippen LogP contribution is 2.16. The van der Waals surface area contributed by atoms with Crippen LogP contribution in [0.25, 0.3) is 0 Å². The molecule has 0 spiro atoms. The summed E-state index contributed by atoms with van der Waals surface area (Å²) in [4.78, 5) is 20.2. The van der Waals surface area contributed by atoms with Gasteiger partial charge in [0.25, 0.3) is 0 Å². The zero-order valence-corrected chi connectivity index (χ0v) is 17.1. The van der Waals surface area contributed by atoms with Crippen molar-refractivity contribution in [2.75, 3.05) is 40.3 Å². The minimum atomic E-state index is -0.139. The summed E-state index contributed by atoms with van der Waals surface area (Å²) in [6.07, 6.45) is 4.06. The molecule has 0 atom stereocenters. The number of rotatable bonds is 8. The second kappa shape index (κ2) is 10.9. The van der Waals surface area contributed by atoms with Gasteiger partial charge >= 0.3 is 0 Å². The lowest BCUT2D eigenvalue weighted by molar-refractivity contribution is -0.123. The van der Waals surface area contributed by atoms with Gasteiger partial charge in [0.1, 0.15) is 0 Å². The van der Waals surface area contributed by atoms with Crippen LogP contribution in [-0.2, 0) is 11.3 Å². The molecule has 0 aliphatic carbocycles. The Balaban J connectivity index is 1.62. The maximum absolute atomic E-state index is 11.2. The highest BCUT2D eigenvalue weighted by Gasteiger charge is 2.22. The first-order valence-electron chi connectivity index (χ1n) is 9.98. The smallest absolute Gasteiger partial charge is 0.220 e. The number of hydrogen-bond donors (Lipinski definition) is 2. The number of carbonyl (C=O) groups excluding carboxylic acids is 1. The first-order chi connectivity index (χ1) is 13.0. The van der Waals surface area contributed by atoms with Crippen LogP contribution < -0.4 is 11.1 Å². The van der Waals surface area contributed by atoms with Crippen LogP contribution in [0.4, 0.5) is 0 Å². The van der Waals surface area contributed by atoms with Crippen LogP contribution in [0.3, 0.4) is 0 Å². The lowest BCUT2D eigenvalue weighted by Crippen LogP contribution is -2.40. The van der Waals surface area contributed by atoms with Gasteiger partial charge in [-0.1, -0.05) is 29.8 Å². The van der Waals surface area contributed by atoms with Gasteiger partial charge < -0.3 is 20.9 Å². The molecule has 150 valence electrons. The fourth-order valence-electron chi connectivity index (χ4n) is 3.53. The van der Waals surface area contributed by atoms with Gasteiger partial charge in [-0.25, -0.2) is 0 Å². The topological polar surface area (TPSA) is 74.0 Å². The number of nitrogens with one attached hydrogen (secondary N) is 1. The second-order valence-electron chi connectivity index (χ2n) is 7.54. The molecule has 0 saturated carbocycles. The summed E-state index contributed by atoms with van der Waals surface area (Å²) >= 11 is 0. The summed E-state index contributed by atoms with van der Waals surface area (Å²) < 4.78 is 0. The van der Waals surface area contributed by atoms with Crippen molar-refractivity contribution in [1.82, 2.24) is 15.1 Å². The molecule has 0 unspecified atom stereocenters. The summed E-state index contributed by atoms with van der Waals surface area (Å²) in [6.45, 7) is 6.93. The highest BCUT2D eigenvalue weighted by molar-refractivity contribution is 5.79. The van der Waals surface area contributed by atoms with Crippen LogP contribution in [-0.4, -0.2) is 61.9 Å². The molecule has 0 radical (unpaired) electrons. The Morgan fingerprint density at radius 3 is 2.52 bits per heavy atom. The van der Waals surface area contributed by atoms with Crippen molar-refractivity contribution in [2.24, 2.45) is 16.6 Å². The summed E-state index contributed by atoms with van der Waals surface area (Å²) in [6, 6.07) is 8.62. The quantitative estimate of drug-likeness (QED) is 0.415. The SMILES string of the molecule is CN=C(NCCCCN1CCC(C(N)=O)CC1)N(C)Cc1ccc(C)cc1. The lowest BCUT2D eigenvalue weighted by atomic mass is 9.96. The van der Waals surface area contributed by atoms with Gasteiger partial charge in [-0.3, -0.25) is 9.79 Å². The minimum Gasteiger partial charge on any atom is -0.369 e. The molecular weight excluding hydrogens is 338 g/mol. The number of nitrogens with zero attached hydrogens (tertiary/aromatic N) is 3. The van der Waals surface area contributed by atoms with Crippen LogP contribution in [0.2, 0.25) is 0 Å². The number of aryl methyl sites for hydroxylation is 1. The van der Waals surface area contributed by atoms with E-state index in [1.54, 1.807) is 0 Å². The molecule has 2 rings (SSSR count). The van der Waals surface area contributed by atoms with E-state index < -0.39 is 0 Å². The zero-order chi connectivity index (χ0) is 19.6. The van der Waals surface area contributed by atoms with E-state index >= 15 is 0 Å². The van der Waals surface area contributed by atoms with Crippen LogP contribution in [0, 0.1) is 12.8 Å². The summed E-state index contributed by atoms with van der Waals surface area (Å²) in [5.74, 6) is 0.869. The molecule has 1 saturated heterocycles. The summed E-state index contributed by atoms with van der Waals surface area (Å²) in [5.41, 5.74) is 7.96. The Morgan fingerprint density at radius 2 is 1.93 bits per heavy atom. The molecule has 0 bridgehead atoms. The Hall–Kier alpha value is -2.08. The fraction of sp³-hybridized carbons (Fsp3) is 0.619. The van der Waals surface area contributed by atoms with Crippen LogP contribution in [0.15, 0.2) is 29.3 Å². The van der Waals surface area contributed by atoms with Crippen molar-refractivity contribution in [1.29, 1.82) is 0 Å². The fourth-order valence-corrected chi connectivity index (χ4v) is 3.53. The van der Waals surface area contributed by atoms with Gasteiger partial charge in [0.05, 0.1) is 0 Å². The van der Waals surface area contributed by atoms with E-state index in [2.05, 4.69) is 58.3 Å². The van der Waals surface area contributed by atoms with E-state index in [1.165, 1.54) is 11.1 Å². The maximum atomic E-state index is 11.2. The van der Waals surface area contributed by atoms with Gasteiger partial charge in [0.15, 0.2) is 5.96 Å². The van der Waals surface area contributed by atoms with Crippen molar-refractivity contribution >= 4 is 11.9 Å². The van der Waals surface area contributed by atoms with E-state index in [9.17, 15) is 4.79 Å². The van der Waals surface area contributed by atoms with E-state index in [0.717, 1.165) is 64.4 Å². The Labute approximate surface area is 163 Å². The molecule has 6 nitrogen and oxygen atoms in total. The molecule has 3 N–H and O–H groups in total. The number of aliphatic imine (C=N–C) groups is 1. The number of likely N-dealkylation sites (tertiary alicyclic amines) is 1. The average Bonchev–Trinajstić information content (AvgIpc) is 2.66. The predicted octanol–water partition coefficient (Wildman–Crippen LogP) is 1.98. The number of amides is 1. The molecule has 1 aliphatic rings. The number of nitrogens with two attached hydrogens (primary N) is 1. The first-order valence-corrected chi connectivity index (χ1v) is 9.98. The van der Waals surface area contributed by atoms with Crippen molar-refractivity contribution in [3.8, 4) is 0 Å². The minimum absolute atomic E-state index is 0.0790. The molecule has 1 amide bonds. The van der Waals surface area contributed by atoms with Gasteiger partial charge in [-0.2, -0.15) is 0 Å². The average molecular weight is 374 g/mol. The van der Waals surface area contributed by atoms with Crippen LogP contribution >= 0.6 is 0 Å². The van der Waals surface area contributed by atoms with Crippen LogP contribution in [0.1, 0.15) is 36.8 Å². The highest BCUT2D eigenvalue weighted by atomic mass is 16.1. The molecule has 1 heterocycles.